The molecule has 0 atom stereocenters. The van der Waals surface area contributed by atoms with Crippen molar-refractivity contribution in [3.05, 3.63) is 29.8 Å². The Bertz CT molecular complexity index is 494. The van der Waals surface area contributed by atoms with Gasteiger partial charge in [0, 0.05) is 44.8 Å². The third-order valence-electron chi connectivity index (χ3n) is 3.74. The van der Waals surface area contributed by atoms with Crippen molar-refractivity contribution in [1.82, 2.24) is 9.80 Å². The van der Waals surface area contributed by atoms with Crippen molar-refractivity contribution in [2.45, 2.75) is 12.6 Å². The van der Waals surface area contributed by atoms with Crippen LogP contribution in [0.1, 0.15) is 12.0 Å². The maximum Gasteiger partial charge on any atom is 0.416 e. The summed E-state index contributed by atoms with van der Waals surface area (Å²) in [6.07, 6.45) is -3.99. The van der Waals surface area contributed by atoms with Crippen LogP contribution in [0.25, 0.3) is 0 Å². The normalized spacial score (nSPS) is 16.6. The molecule has 22 heavy (non-hydrogen) atoms. The minimum atomic E-state index is -4.32. The van der Waals surface area contributed by atoms with E-state index in [4.69, 9.17) is 0 Å². The highest BCUT2D eigenvalue weighted by Gasteiger charge is 2.29. The molecule has 1 aliphatic rings. The monoisotopic (exact) mass is 315 g/mol. The molecule has 1 saturated heterocycles. The van der Waals surface area contributed by atoms with E-state index in [-0.39, 0.29) is 5.91 Å². The van der Waals surface area contributed by atoms with Gasteiger partial charge in [-0.3, -0.25) is 4.79 Å². The number of piperazine rings is 1. The molecule has 7 heteroatoms. The summed E-state index contributed by atoms with van der Waals surface area (Å²) in [7, 11) is 2.02. The number of hydrogen-bond donors (Lipinski definition) is 1. The topological polar surface area (TPSA) is 35.6 Å². The molecule has 0 unspecified atom stereocenters. The number of nitrogens with one attached hydrogen (secondary N) is 1. The van der Waals surface area contributed by atoms with Gasteiger partial charge in [-0.1, -0.05) is 0 Å². The van der Waals surface area contributed by atoms with E-state index in [1.807, 2.05) is 11.9 Å². The first-order valence-corrected chi connectivity index (χ1v) is 7.24. The van der Waals surface area contributed by atoms with Gasteiger partial charge in [-0.25, -0.2) is 0 Å². The standard InChI is InChI=1S/C15H20F3N3O/c1-20-8-10-21(11-9-20)14(22)6-7-19-13-4-2-12(3-5-13)15(16,17)18/h2-5,19H,6-11H2,1H3. The summed E-state index contributed by atoms with van der Waals surface area (Å²) >= 11 is 0. The van der Waals surface area contributed by atoms with Gasteiger partial charge in [0.2, 0.25) is 5.91 Å². The minimum absolute atomic E-state index is 0.0764. The Morgan fingerprint density at radius 1 is 1.14 bits per heavy atom. The molecule has 0 spiro atoms. The zero-order valence-electron chi connectivity index (χ0n) is 12.5. The summed E-state index contributed by atoms with van der Waals surface area (Å²) < 4.78 is 37.3. The molecular weight excluding hydrogens is 295 g/mol. The van der Waals surface area contributed by atoms with E-state index < -0.39 is 11.7 Å². The number of benzene rings is 1. The fourth-order valence-corrected chi connectivity index (χ4v) is 2.30. The van der Waals surface area contributed by atoms with Crippen LogP contribution in [0.3, 0.4) is 0 Å². The third kappa shape index (κ3) is 4.62. The van der Waals surface area contributed by atoms with E-state index in [1.165, 1.54) is 12.1 Å². The van der Waals surface area contributed by atoms with Crippen LogP contribution in [0.4, 0.5) is 18.9 Å². The van der Waals surface area contributed by atoms with Gasteiger partial charge in [0.15, 0.2) is 0 Å². The number of halogens is 3. The molecule has 0 aromatic heterocycles. The highest BCUT2D eigenvalue weighted by molar-refractivity contribution is 5.76. The summed E-state index contributed by atoms with van der Waals surface area (Å²) in [5.41, 5.74) is -0.0919. The zero-order chi connectivity index (χ0) is 16.2. The molecule has 1 heterocycles. The molecule has 0 saturated carbocycles. The van der Waals surface area contributed by atoms with Gasteiger partial charge < -0.3 is 15.1 Å². The molecule has 1 aliphatic heterocycles. The minimum Gasteiger partial charge on any atom is -0.385 e. The number of anilines is 1. The van der Waals surface area contributed by atoms with E-state index >= 15 is 0 Å². The highest BCUT2D eigenvalue weighted by atomic mass is 19.4. The smallest absolute Gasteiger partial charge is 0.385 e. The fourth-order valence-electron chi connectivity index (χ4n) is 2.30. The van der Waals surface area contributed by atoms with E-state index in [0.29, 0.717) is 18.7 Å². The Morgan fingerprint density at radius 2 is 1.73 bits per heavy atom. The van der Waals surface area contributed by atoms with E-state index in [2.05, 4.69) is 10.2 Å². The van der Waals surface area contributed by atoms with Crippen molar-refractivity contribution >= 4 is 11.6 Å². The predicted octanol–water partition coefficient (Wildman–Crippen LogP) is 2.28. The summed E-state index contributed by atoms with van der Waals surface area (Å²) in [6.45, 7) is 3.62. The van der Waals surface area contributed by atoms with Crippen molar-refractivity contribution in [1.29, 1.82) is 0 Å². The van der Waals surface area contributed by atoms with E-state index in [1.54, 1.807) is 0 Å². The Kier molecular flexibility index (Phi) is 5.28. The van der Waals surface area contributed by atoms with Crippen molar-refractivity contribution in [3.63, 3.8) is 0 Å². The van der Waals surface area contributed by atoms with Crippen LogP contribution < -0.4 is 5.32 Å². The second-order valence-electron chi connectivity index (χ2n) is 5.44. The zero-order valence-corrected chi connectivity index (χ0v) is 12.5. The summed E-state index contributed by atoms with van der Waals surface area (Å²) in [5, 5.41) is 2.98. The first-order chi connectivity index (χ1) is 10.4. The summed E-state index contributed by atoms with van der Waals surface area (Å²) in [5.74, 6) is 0.0764. The molecular formula is C15H20F3N3O. The number of alkyl halides is 3. The molecule has 2 rings (SSSR count). The number of rotatable bonds is 4. The maximum atomic E-state index is 12.4. The van der Waals surface area contributed by atoms with Crippen LogP contribution in [0.15, 0.2) is 24.3 Å². The first-order valence-electron chi connectivity index (χ1n) is 7.24. The second kappa shape index (κ2) is 7.00. The predicted molar refractivity (Wildman–Crippen MR) is 78.6 cm³/mol. The van der Waals surface area contributed by atoms with Crippen LogP contribution >= 0.6 is 0 Å². The van der Waals surface area contributed by atoms with Gasteiger partial charge in [-0.2, -0.15) is 13.2 Å². The van der Waals surface area contributed by atoms with Crippen molar-refractivity contribution in [2.24, 2.45) is 0 Å². The van der Waals surface area contributed by atoms with E-state index in [0.717, 1.165) is 38.3 Å². The lowest BCUT2D eigenvalue weighted by atomic mass is 10.2. The molecule has 0 aliphatic carbocycles. The summed E-state index contributed by atoms with van der Waals surface area (Å²) in [6, 6.07) is 4.82. The lowest BCUT2D eigenvalue weighted by molar-refractivity contribution is -0.137. The van der Waals surface area contributed by atoms with Crippen LogP contribution in [-0.2, 0) is 11.0 Å². The Morgan fingerprint density at radius 3 is 2.27 bits per heavy atom. The molecule has 1 aromatic carbocycles. The van der Waals surface area contributed by atoms with Gasteiger partial charge in [0.1, 0.15) is 0 Å². The Hall–Kier alpha value is -1.76. The molecule has 1 aromatic rings. The molecule has 1 N–H and O–H groups in total. The van der Waals surface area contributed by atoms with Crippen LogP contribution in [0.2, 0.25) is 0 Å². The molecule has 4 nitrogen and oxygen atoms in total. The van der Waals surface area contributed by atoms with Gasteiger partial charge in [0.25, 0.3) is 0 Å². The largest absolute Gasteiger partial charge is 0.416 e. The number of likely N-dealkylation sites (N-methyl/N-ethyl adjacent to an activating group) is 1. The maximum absolute atomic E-state index is 12.4. The highest BCUT2D eigenvalue weighted by Crippen LogP contribution is 2.29. The van der Waals surface area contributed by atoms with Gasteiger partial charge in [-0.15, -0.1) is 0 Å². The van der Waals surface area contributed by atoms with E-state index in [9.17, 15) is 18.0 Å². The molecule has 0 bridgehead atoms. The molecule has 0 radical (unpaired) electrons. The average Bonchev–Trinajstić information content (AvgIpc) is 2.47. The number of amides is 1. The molecule has 122 valence electrons. The van der Waals surface area contributed by atoms with Crippen LogP contribution in [0.5, 0.6) is 0 Å². The van der Waals surface area contributed by atoms with Gasteiger partial charge in [0.05, 0.1) is 5.56 Å². The number of nitrogens with zero attached hydrogens (tertiary/aromatic N) is 2. The lowest BCUT2D eigenvalue weighted by Crippen LogP contribution is -2.47. The number of hydrogen-bond acceptors (Lipinski definition) is 3. The molecule has 1 fully saturated rings. The number of carbonyl (C=O) groups is 1. The fraction of sp³-hybridized carbons (Fsp3) is 0.533. The second-order valence-corrected chi connectivity index (χ2v) is 5.44. The van der Waals surface area contributed by atoms with Crippen LogP contribution in [0, 0.1) is 0 Å². The third-order valence-corrected chi connectivity index (χ3v) is 3.74. The van der Waals surface area contributed by atoms with Crippen molar-refractivity contribution in [3.8, 4) is 0 Å². The average molecular weight is 315 g/mol. The number of carbonyl (C=O) groups excluding carboxylic acids is 1. The van der Waals surface area contributed by atoms with Gasteiger partial charge >= 0.3 is 6.18 Å². The van der Waals surface area contributed by atoms with Crippen molar-refractivity contribution in [2.75, 3.05) is 45.1 Å². The Labute approximate surface area is 127 Å². The molecule has 1 amide bonds. The van der Waals surface area contributed by atoms with Crippen LogP contribution in [-0.4, -0.2) is 55.5 Å². The van der Waals surface area contributed by atoms with Crippen molar-refractivity contribution < 1.29 is 18.0 Å². The van der Waals surface area contributed by atoms with Gasteiger partial charge in [-0.05, 0) is 31.3 Å². The lowest BCUT2D eigenvalue weighted by Gasteiger charge is -2.32. The first kappa shape index (κ1) is 16.6. The Balaban J connectivity index is 1.75. The summed E-state index contributed by atoms with van der Waals surface area (Å²) in [4.78, 5) is 16.0. The SMILES string of the molecule is CN1CCN(C(=O)CCNc2ccc(C(F)(F)F)cc2)CC1. The quantitative estimate of drug-likeness (QED) is 0.926.